The van der Waals surface area contributed by atoms with Crippen molar-refractivity contribution in [3.05, 3.63) is 52.3 Å². The highest BCUT2D eigenvalue weighted by molar-refractivity contribution is 6.30. The highest BCUT2D eigenvalue weighted by Gasteiger charge is 2.37. The van der Waals surface area contributed by atoms with E-state index in [1.807, 2.05) is 13.8 Å². The number of nitrogens with one attached hydrogen (secondary N) is 2. The molecule has 7 nitrogen and oxygen atoms in total. The number of ether oxygens (including phenoxy) is 1. The van der Waals surface area contributed by atoms with E-state index in [0.717, 1.165) is 5.69 Å². The van der Waals surface area contributed by atoms with Crippen molar-refractivity contribution in [2.45, 2.75) is 38.8 Å². The van der Waals surface area contributed by atoms with E-state index in [9.17, 15) is 14.0 Å². The van der Waals surface area contributed by atoms with Crippen LogP contribution in [-0.4, -0.2) is 46.6 Å². The maximum Gasteiger partial charge on any atom is 0.328 e. The topological polar surface area (TPSA) is 87.3 Å². The Hall–Kier alpha value is -2.61. The summed E-state index contributed by atoms with van der Waals surface area (Å²) in [5.74, 6) is -1.16. The summed E-state index contributed by atoms with van der Waals surface area (Å²) in [5.41, 5.74) is 1.71. The van der Waals surface area contributed by atoms with Crippen LogP contribution in [0.25, 0.3) is 0 Å². The summed E-state index contributed by atoms with van der Waals surface area (Å²) in [4.78, 5) is 34.2. The highest BCUT2D eigenvalue weighted by Crippen LogP contribution is 2.35. The van der Waals surface area contributed by atoms with Gasteiger partial charge in [-0.15, -0.1) is 0 Å². The number of H-pyrrole nitrogens is 1. The van der Waals surface area contributed by atoms with Gasteiger partial charge in [0.05, 0.1) is 19.1 Å². The van der Waals surface area contributed by atoms with Gasteiger partial charge in [0.2, 0.25) is 0 Å². The summed E-state index contributed by atoms with van der Waals surface area (Å²) in [6.07, 6.45) is 2.75. The minimum Gasteiger partial charge on any atom is -0.467 e. The summed E-state index contributed by atoms with van der Waals surface area (Å²) in [6, 6.07) is 2.33. The molecule has 0 spiro atoms. The Bertz CT molecular complexity index is 904. The third-order valence-corrected chi connectivity index (χ3v) is 5.63. The number of aromatic nitrogens is 2. The molecule has 2 heterocycles. The van der Waals surface area contributed by atoms with Gasteiger partial charge in [0.1, 0.15) is 17.9 Å². The van der Waals surface area contributed by atoms with Gasteiger partial charge in [-0.2, -0.15) is 0 Å². The number of aromatic amines is 1. The van der Waals surface area contributed by atoms with Crippen molar-refractivity contribution in [2.75, 3.05) is 13.7 Å². The smallest absolute Gasteiger partial charge is 0.328 e. The van der Waals surface area contributed by atoms with Gasteiger partial charge in [0.15, 0.2) is 0 Å². The Morgan fingerprint density at radius 1 is 1.48 bits per heavy atom. The molecule has 0 radical (unpaired) electrons. The molecule has 0 bridgehead atoms. The Labute approximate surface area is 173 Å². The average molecular weight is 423 g/mol. The zero-order valence-electron chi connectivity index (χ0n) is 16.5. The molecule has 156 valence electrons. The lowest BCUT2D eigenvalue weighted by molar-refractivity contribution is -0.144. The quantitative estimate of drug-likeness (QED) is 0.722. The number of urea groups is 1. The molecule has 9 heteroatoms. The molecular formula is C20H24ClFN4O3. The number of hydrogen-bond acceptors (Lipinski definition) is 4. The lowest BCUT2D eigenvalue weighted by atomic mass is 9.95. The number of methoxy groups -OCH3 is 1. The van der Waals surface area contributed by atoms with Crippen molar-refractivity contribution in [3.8, 4) is 0 Å². The molecule has 1 aromatic carbocycles. The third kappa shape index (κ3) is 4.22. The van der Waals surface area contributed by atoms with Crippen molar-refractivity contribution in [3.63, 3.8) is 0 Å². The lowest BCUT2D eigenvalue weighted by Crippen LogP contribution is -2.53. The molecule has 1 aliphatic rings. The molecule has 3 atom stereocenters. The largest absolute Gasteiger partial charge is 0.467 e. The second-order valence-corrected chi connectivity index (χ2v) is 7.55. The first-order valence-electron chi connectivity index (χ1n) is 9.49. The number of amides is 2. The molecule has 1 aromatic heterocycles. The first kappa shape index (κ1) is 21.1. The number of halogens is 2. The molecule has 0 saturated carbocycles. The number of benzene rings is 1. The third-order valence-electron chi connectivity index (χ3n) is 5.39. The number of carbonyl (C=O) groups excluding carboxylic acids is 2. The van der Waals surface area contributed by atoms with Gasteiger partial charge in [0.25, 0.3) is 0 Å². The van der Waals surface area contributed by atoms with Crippen molar-refractivity contribution < 1.29 is 18.7 Å². The number of esters is 1. The number of nitrogens with zero attached hydrogens (tertiary/aromatic N) is 2. The van der Waals surface area contributed by atoms with Gasteiger partial charge in [0, 0.05) is 29.2 Å². The van der Waals surface area contributed by atoms with Crippen LogP contribution in [0.1, 0.15) is 43.3 Å². The summed E-state index contributed by atoms with van der Waals surface area (Å²) >= 11 is 5.90. The fourth-order valence-electron chi connectivity index (χ4n) is 3.55. The van der Waals surface area contributed by atoms with Crippen LogP contribution in [0, 0.1) is 11.7 Å². The van der Waals surface area contributed by atoms with Crippen LogP contribution in [0.15, 0.2) is 24.5 Å². The van der Waals surface area contributed by atoms with Crippen molar-refractivity contribution in [1.29, 1.82) is 0 Å². The average Bonchev–Trinajstić information content (AvgIpc) is 3.19. The van der Waals surface area contributed by atoms with E-state index in [1.54, 1.807) is 12.1 Å². The van der Waals surface area contributed by atoms with Crippen LogP contribution >= 0.6 is 11.6 Å². The van der Waals surface area contributed by atoms with Crippen LogP contribution < -0.4 is 5.32 Å². The second-order valence-electron chi connectivity index (χ2n) is 7.11. The molecule has 0 aliphatic carbocycles. The lowest BCUT2D eigenvalue weighted by Gasteiger charge is -2.36. The second kappa shape index (κ2) is 8.82. The maximum absolute atomic E-state index is 14.7. The Kier molecular flexibility index (Phi) is 6.42. The molecule has 29 heavy (non-hydrogen) atoms. The monoisotopic (exact) mass is 422 g/mol. The van der Waals surface area contributed by atoms with E-state index in [2.05, 4.69) is 15.3 Å². The standard InChI is InChI=1S/C20H24ClFN4O3/c1-4-11(2)16(19(27)29-3)25-20(28)26-8-7-15-17(24-10-23-15)18(26)13-6-5-12(21)9-14(13)22/h5-6,9-11,16,18H,4,7-8H2,1-3H3,(H,23,24)(H,25,28)/t11-,16+,18-/m1/s1. The van der Waals surface area contributed by atoms with E-state index in [-0.39, 0.29) is 16.5 Å². The predicted octanol–water partition coefficient (Wildman–Crippen LogP) is 3.45. The minimum absolute atomic E-state index is 0.122. The van der Waals surface area contributed by atoms with Crippen molar-refractivity contribution in [1.82, 2.24) is 20.2 Å². The number of rotatable bonds is 5. The van der Waals surface area contributed by atoms with Crippen LogP contribution in [0.4, 0.5) is 9.18 Å². The van der Waals surface area contributed by atoms with Crippen molar-refractivity contribution in [2.24, 2.45) is 5.92 Å². The SMILES string of the molecule is CC[C@@H](C)[C@H](NC(=O)N1CCc2[nH]cnc2[C@H]1c1ccc(Cl)cc1F)C(=O)OC. The van der Waals surface area contributed by atoms with E-state index >= 15 is 0 Å². The number of carbonyl (C=O) groups is 2. The molecule has 3 rings (SSSR count). The van der Waals surface area contributed by atoms with Crippen LogP contribution in [0.3, 0.4) is 0 Å². The normalized spacial score (nSPS) is 18.0. The molecular weight excluding hydrogens is 399 g/mol. The van der Waals surface area contributed by atoms with Gasteiger partial charge in [-0.3, -0.25) is 0 Å². The summed E-state index contributed by atoms with van der Waals surface area (Å²) < 4.78 is 19.6. The van der Waals surface area contributed by atoms with Gasteiger partial charge >= 0.3 is 12.0 Å². The fourth-order valence-corrected chi connectivity index (χ4v) is 3.70. The highest BCUT2D eigenvalue weighted by atomic mass is 35.5. The molecule has 2 N–H and O–H groups in total. The van der Waals surface area contributed by atoms with Gasteiger partial charge in [-0.05, 0) is 18.1 Å². The Balaban J connectivity index is 1.96. The summed E-state index contributed by atoms with van der Waals surface area (Å²) in [6.45, 7) is 4.12. The number of hydrogen-bond donors (Lipinski definition) is 2. The summed E-state index contributed by atoms with van der Waals surface area (Å²) in [5, 5.41) is 3.03. The predicted molar refractivity (Wildman–Crippen MR) is 106 cm³/mol. The molecule has 1 aliphatic heterocycles. The van der Waals surface area contributed by atoms with Crippen LogP contribution in [0.5, 0.6) is 0 Å². The van der Waals surface area contributed by atoms with E-state index in [0.29, 0.717) is 25.1 Å². The summed E-state index contributed by atoms with van der Waals surface area (Å²) in [7, 11) is 1.28. The van der Waals surface area contributed by atoms with Crippen molar-refractivity contribution >= 4 is 23.6 Å². The molecule has 0 saturated heterocycles. The Morgan fingerprint density at radius 3 is 2.90 bits per heavy atom. The van der Waals surface area contributed by atoms with E-state index in [1.165, 1.54) is 24.4 Å². The first-order chi connectivity index (χ1) is 13.9. The van der Waals surface area contributed by atoms with Crippen LogP contribution in [-0.2, 0) is 16.0 Å². The zero-order chi connectivity index (χ0) is 21.1. The molecule has 0 unspecified atom stereocenters. The minimum atomic E-state index is -0.797. The number of imidazole rings is 1. The molecule has 2 amide bonds. The van der Waals surface area contributed by atoms with Gasteiger partial charge in [-0.1, -0.05) is 37.9 Å². The Morgan fingerprint density at radius 2 is 2.24 bits per heavy atom. The zero-order valence-corrected chi connectivity index (χ0v) is 17.3. The van der Waals surface area contributed by atoms with Gasteiger partial charge in [-0.25, -0.2) is 19.0 Å². The number of fused-ring (bicyclic) bond motifs is 1. The van der Waals surface area contributed by atoms with E-state index < -0.39 is 29.9 Å². The fraction of sp³-hybridized carbons (Fsp3) is 0.450. The molecule has 2 aromatic rings. The first-order valence-corrected chi connectivity index (χ1v) is 9.87. The van der Waals surface area contributed by atoms with Gasteiger partial charge < -0.3 is 19.9 Å². The molecule has 0 fully saturated rings. The van der Waals surface area contributed by atoms with Crippen LogP contribution in [0.2, 0.25) is 5.02 Å². The van der Waals surface area contributed by atoms with E-state index in [4.69, 9.17) is 16.3 Å². The maximum atomic E-state index is 14.7.